The van der Waals surface area contributed by atoms with Crippen LogP contribution >= 0.6 is 0 Å². The highest BCUT2D eigenvalue weighted by Gasteiger charge is 2.34. The first-order chi connectivity index (χ1) is 14.1. The average Bonchev–Trinajstić information content (AvgIpc) is 3.06. The van der Waals surface area contributed by atoms with Gasteiger partial charge in [-0.25, -0.2) is 0 Å². The fourth-order valence-corrected chi connectivity index (χ4v) is 4.53. The third-order valence-electron chi connectivity index (χ3n) is 6.05. The molecule has 2 amide bonds. The Hall–Kier alpha value is -2.66. The maximum atomic E-state index is 12.8. The van der Waals surface area contributed by atoms with Crippen LogP contribution in [-0.2, 0) is 4.79 Å². The Morgan fingerprint density at radius 1 is 1.00 bits per heavy atom. The predicted molar refractivity (Wildman–Crippen MR) is 114 cm³/mol. The summed E-state index contributed by atoms with van der Waals surface area (Å²) >= 11 is 0. The van der Waals surface area contributed by atoms with Crippen molar-refractivity contribution in [1.82, 2.24) is 16.0 Å². The second kappa shape index (κ2) is 8.78. The lowest BCUT2D eigenvalue weighted by Crippen LogP contribution is -2.48. The molecule has 5 nitrogen and oxygen atoms in total. The molecule has 5 heteroatoms. The summed E-state index contributed by atoms with van der Waals surface area (Å²) < 4.78 is 0. The third-order valence-corrected chi connectivity index (χ3v) is 6.05. The van der Waals surface area contributed by atoms with Crippen molar-refractivity contribution in [2.24, 2.45) is 0 Å². The normalized spacial score (nSPS) is 24.0. The van der Waals surface area contributed by atoms with E-state index >= 15 is 0 Å². The van der Waals surface area contributed by atoms with Gasteiger partial charge in [0.1, 0.15) is 0 Å². The van der Waals surface area contributed by atoms with Gasteiger partial charge >= 0.3 is 0 Å². The zero-order chi connectivity index (χ0) is 20.2. The molecule has 0 saturated carbocycles. The van der Waals surface area contributed by atoms with Crippen molar-refractivity contribution in [3.05, 3.63) is 71.3 Å². The number of amides is 2. The molecule has 2 aromatic carbocycles. The predicted octanol–water partition coefficient (Wildman–Crippen LogP) is 3.26. The van der Waals surface area contributed by atoms with Gasteiger partial charge in [0.05, 0.1) is 12.5 Å². The molecule has 0 aromatic heterocycles. The molecule has 29 heavy (non-hydrogen) atoms. The van der Waals surface area contributed by atoms with Crippen LogP contribution < -0.4 is 16.0 Å². The molecule has 2 saturated heterocycles. The number of aryl methyl sites for hydroxylation is 1. The molecule has 2 aliphatic rings. The second-order valence-corrected chi connectivity index (χ2v) is 8.38. The Labute approximate surface area is 172 Å². The van der Waals surface area contributed by atoms with E-state index in [1.54, 1.807) is 0 Å². The molecule has 4 rings (SSSR count). The molecule has 0 radical (unpaired) electrons. The number of hydrogen-bond donors (Lipinski definition) is 3. The highest BCUT2D eigenvalue weighted by Crippen LogP contribution is 2.27. The van der Waals surface area contributed by atoms with Crippen LogP contribution in [0.5, 0.6) is 0 Å². The number of benzene rings is 2. The van der Waals surface area contributed by atoms with Crippen molar-refractivity contribution >= 4 is 11.8 Å². The van der Waals surface area contributed by atoms with E-state index in [1.807, 2.05) is 61.5 Å². The van der Waals surface area contributed by atoms with Gasteiger partial charge in [0.25, 0.3) is 5.91 Å². The van der Waals surface area contributed by atoms with Crippen LogP contribution in [0.25, 0.3) is 0 Å². The molecule has 3 atom stereocenters. The van der Waals surface area contributed by atoms with Gasteiger partial charge in [0, 0.05) is 23.7 Å². The Bertz CT molecular complexity index is 838. The van der Waals surface area contributed by atoms with Gasteiger partial charge in [-0.2, -0.15) is 0 Å². The Balaban J connectivity index is 1.42. The van der Waals surface area contributed by atoms with E-state index in [4.69, 9.17) is 0 Å². The zero-order valence-electron chi connectivity index (χ0n) is 16.9. The minimum absolute atomic E-state index is 0.00522. The molecule has 2 aliphatic heterocycles. The van der Waals surface area contributed by atoms with Crippen LogP contribution in [0.1, 0.15) is 59.6 Å². The lowest BCUT2D eigenvalue weighted by atomic mass is 9.98. The first kappa shape index (κ1) is 19.6. The average molecular weight is 392 g/mol. The first-order valence-electron chi connectivity index (χ1n) is 10.5. The number of nitrogens with one attached hydrogen (secondary N) is 3. The number of fused-ring (bicyclic) bond motifs is 2. The van der Waals surface area contributed by atoms with Crippen LogP contribution in [0.4, 0.5) is 0 Å². The summed E-state index contributed by atoms with van der Waals surface area (Å²) in [6, 6.07) is 18.1. The maximum absolute atomic E-state index is 12.8. The Morgan fingerprint density at radius 3 is 2.31 bits per heavy atom. The number of rotatable bonds is 6. The second-order valence-electron chi connectivity index (χ2n) is 8.38. The number of carbonyl (C=O) groups is 2. The topological polar surface area (TPSA) is 70.2 Å². The van der Waals surface area contributed by atoms with Crippen molar-refractivity contribution < 1.29 is 9.59 Å². The summed E-state index contributed by atoms with van der Waals surface area (Å²) in [6.45, 7) is 1.99. The van der Waals surface area contributed by atoms with E-state index in [1.165, 1.54) is 12.8 Å². The van der Waals surface area contributed by atoms with E-state index in [0.29, 0.717) is 17.6 Å². The van der Waals surface area contributed by atoms with Crippen LogP contribution in [0.3, 0.4) is 0 Å². The summed E-state index contributed by atoms with van der Waals surface area (Å²) in [6.07, 6.45) is 4.63. The smallest absolute Gasteiger partial charge is 0.251 e. The number of carbonyl (C=O) groups excluding carboxylic acids is 2. The molecule has 2 bridgehead atoms. The van der Waals surface area contributed by atoms with Crippen LogP contribution in [0.2, 0.25) is 0 Å². The first-order valence-corrected chi connectivity index (χ1v) is 10.5. The monoisotopic (exact) mass is 391 g/mol. The standard InChI is InChI=1S/C24H29N3O2/c1-16-7-9-18(10-8-16)24(29)27-22(17-5-3-2-4-6-17)15-23(28)26-21-13-19-11-12-20(14-21)25-19/h2-10,19-22,25H,11-15H2,1H3,(H,26,28)(H,27,29). The SMILES string of the molecule is Cc1ccc(C(=O)NC(CC(=O)NC2CC3CCC(C2)N3)c2ccccc2)cc1. The van der Waals surface area contributed by atoms with Gasteiger partial charge in [-0.3, -0.25) is 9.59 Å². The lowest BCUT2D eigenvalue weighted by molar-refractivity contribution is -0.122. The van der Waals surface area contributed by atoms with Gasteiger partial charge in [-0.1, -0.05) is 48.0 Å². The molecular formula is C24H29N3O2. The van der Waals surface area contributed by atoms with Crippen molar-refractivity contribution in [2.75, 3.05) is 0 Å². The minimum Gasteiger partial charge on any atom is -0.353 e. The summed E-state index contributed by atoms with van der Waals surface area (Å²) in [5.74, 6) is -0.166. The van der Waals surface area contributed by atoms with Gasteiger partial charge in [0.15, 0.2) is 0 Å². The van der Waals surface area contributed by atoms with E-state index in [-0.39, 0.29) is 30.3 Å². The molecule has 0 aliphatic carbocycles. The summed E-state index contributed by atoms with van der Waals surface area (Å²) in [7, 11) is 0. The quantitative estimate of drug-likeness (QED) is 0.708. The van der Waals surface area contributed by atoms with E-state index in [2.05, 4.69) is 16.0 Å². The molecule has 3 N–H and O–H groups in total. The highest BCUT2D eigenvalue weighted by molar-refractivity contribution is 5.94. The zero-order valence-corrected chi connectivity index (χ0v) is 16.9. The third kappa shape index (κ3) is 5.04. The van der Waals surface area contributed by atoms with Crippen molar-refractivity contribution in [3.8, 4) is 0 Å². The molecular weight excluding hydrogens is 362 g/mol. The molecule has 0 spiro atoms. The van der Waals surface area contributed by atoms with Gasteiger partial charge in [-0.05, 0) is 50.3 Å². The lowest BCUT2D eigenvalue weighted by Gasteiger charge is -2.30. The number of piperidine rings is 1. The minimum atomic E-state index is -0.358. The fourth-order valence-electron chi connectivity index (χ4n) is 4.53. The largest absolute Gasteiger partial charge is 0.353 e. The van der Waals surface area contributed by atoms with E-state index < -0.39 is 0 Å². The van der Waals surface area contributed by atoms with Crippen LogP contribution in [0.15, 0.2) is 54.6 Å². The molecule has 152 valence electrons. The Kier molecular flexibility index (Phi) is 5.95. The van der Waals surface area contributed by atoms with Crippen molar-refractivity contribution in [1.29, 1.82) is 0 Å². The molecule has 2 heterocycles. The van der Waals surface area contributed by atoms with Gasteiger partial charge < -0.3 is 16.0 Å². The van der Waals surface area contributed by atoms with Crippen LogP contribution in [0, 0.1) is 6.92 Å². The summed E-state index contributed by atoms with van der Waals surface area (Å²) in [5.41, 5.74) is 2.65. The molecule has 2 fully saturated rings. The van der Waals surface area contributed by atoms with E-state index in [9.17, 15) is 9.59 Å². The molecule has 2 aromatic rings. The van der Waals surface area contributed by atoms with E-state index in [0.717, 1.165) is 24.0 Å². The summed E-state index contributed by atoms with van der Waals surface area (Å²) in [5, 5.41) is 9.87. The Morgan fingerprint density at radius 2 is 1.66 bits per heavy atom. The van der Waals surface area contributed by atoms with Gasteiger partial charge in [-0.15, -0.1) is 0 Å². The van der Waals surface area contributed by atoms with Crippen molar-refractivity contribution in [3.63, 3.8) is 0 Å². The fraction of sp³-hybridized carbons (Fsp3) is 0.417. The van der Waals surface area contributed by atoms with Crippen molar-refractivity contribution in [2.45, 2.75) is 63.2 Å². The van der Waals surface area contributed by atoms with Crippen LogP contribution in [-0.4, -0.2) is 29.9 Å². The molecule has 3 unspecified atom stereocenters. The maximum Gasteiger partial charge on any atom is 0.251 e. The highest BCUT2D eigenvalue weighted by atomic mass is 16.2. The summed E-state index contributed by atoms with van der Waals surface area (Å²) in [4.78, 5) is 25.6. The number of hydrogen-bond acceptors (Lipinski definition) is 3. The van der Waals surface area contributed by atoms with Gasteiger partial charge in [0.2, 0.25) is 5.91 Å².